The molecule has 6 heteroatoms. The van der Waals surface area contributed by atoms with E-state index in [1.165, 1.54) is 66.4 Å². The molecule has 0 N–H and O–H groups in total. The predicted octanol–water partition coefficient (Wildman–Crippen LogP) is 26.4. The Morgan fingerprint density at radius 2 is 0.633 bits per heavy atom. The number of anilines is 15. The SMILES string of the molecule is c1ccc(-c2cc(-c3ccccc3)cc(N3c4cccc5c4N(c4ccccc4-c4ccccc4-5)c4c3ccc3cc(-c5ccc6c(c5)Oc5cc(N7c8ccccc8N8c9cc%10ccccc%10cc9-c9ccccc9-c9cccc7c98)ccc5N6c5ccccc5)ccc43)c2)cc1. The molecule has 5 aliphatic heterocycles. The second-order valence-electron chi connectivity index (χ2n) is 26.0. The zero-order valence-corrected chi connectivity index (χ0v) is 53.1. The highest BCUT2D eigenvalue weighted by Gasteiger charge is 2.40. The summed E-state index contributed by atoms with van der Waals surface area (Å²) in [6, 6.07) is 127. The second kappa shape index (κ2) is 21.2. The van der Waals surface area contributed by atoms with Gasteiger partial charge < -0.3 is 29.2 Å². The Hall–Kier alpha value is -13.2. The van der Waals surface area contributed by atoms with Gasteiger partial charge in [0.15, 0.2) is 11.5 Å². The number of hydrogen-bond acceptors (Lipinski definition) is 6. The summed E-state index contributed by atoms with van der Waals surface area (Å²) in [5.41, 5.74) is 32.6. The van der Waals surface area contributed by atoms with Gasteiger partial charge in [-0.2, -0.15) is 0 Å². The highest BCUT2D eigenvalue weighted by atomic mass is 16.5. The van der Waals surface area contributed by atoms with Gasteiger partial charge in [0.2, 0.25) is 0 Å². The number of hydrogen-bond donors (Lipinski definition) is 0. The van der Waals surface area contributed by atoms with Gasteiger partial charge in [-0.3, -0.25) is 0 Å². The lowest BCUT2D eigenvalue weighted by Gasteiger charge is -2.42. The van der Waals surface area contributed by atoms with Gasteiger partial charge >= 0.3 is 0 Å². The fourth-order valence-corrected chi connectivity index (χ4v) is 16.3. The second-order valence-corrected chi connectivity index (χ2v) is 26.0. The van der Waals surface area contributed by atoms with Crippen molar-refractivity contribution < 1.29 is 4.74 Å². The van der Waals surface area contributed by atoms with Crippen LogP contribution in [-0.4, -0.2) is 0 Å². The van der Waals surface area contributed by atoms with Crippen molar-refractivity contribution in [3.05, 3.63) is 346 Å². The fraction of sp³-hybridized carbons (Fsp3) is 0. The van der Waals surface area contributed by atoms with E-state index in [9.17, 15) is 0 Å². The first-order valence-corrected chi connectivity index (χ1v) is 33.6. The third-order valence-corrected chi connectivity index (χ3v) is 20.6. The third kappa shape index (κ3) is 8.09. The van der Waals surface area contributed by atoms with E-state index in [1.807, 2.05) is 0 Å². The molecule has 0 amide bonds. The van der Waals surface area contributed by atoms with Crippen LogP contribution < -0.4 is 29.2 Å². The average Bonchev–Trinajstić information content (AvgIpc) is 1.33. The Bertz CT molecular complexity index is 5970. The molecule has 16 aromatic rings. The summed E-state index contributed by atoms with van der Waals surface area (Å²) >= 11 is 0. The van der Waals surface area contributed by atoms with Crippen molar-refractivity contribution in [3.8, 4) is 89.4 Å². The molecule has 98 heavy (non-hydrogen) atoms. The number of para-hydroxylation sites is 6. The van der Waals surface area contributed by atoms with E-state index in [0.717, 1.165) is 130 Å². The van der Waals surface area contributed by atoms with Gasteiger partial charge in [-0.25, -0.2) is 0 Å². The van der Waals surface area contributed by atoms with Crippen molar-refractivity contribution >= 4 is 107 Å². The van der Waals surface area contributed by atoms with E-state index < -0.39 is 0 Å². The molecule has 21 rings (SSSR count). The minimum Gasteiger partial charge on any atom is -0.453 e. The summed E-state index contributed by atoms with van der Waals surface area (Å²) in [6.45, 7) is 0. The first-order valence-electron chi connectivity index (χ1n) is 33.6. The molecule has 0 unspecified atom stereocenters. The van der Waals surface area contributed by atoms with E-state index in [4.69, 9.17) is 4.74 Å². The van der Waals surface area contributed by atoms with E-state index >= 15 is 0 Å². The van der Waals surface area contributed by atoms with Gasteiger partial charge in [-0.1, -0.05) is 231 Å². The monoisotopic (exact) mass is 1250 g/mol. The summed E-state index contributed by atoms with van der Waals surface area (Å²) in [5.74, 6) is 1.54. The molecule has 0 atom stereocenters. The maximum absolute atomic E-state index is 7.38. The smallest absolute Gasteiger partial charge is 0.153 e. The van der Waals surface area contributed by atoms with Crippen LogP contribution >= 0.6 is 0 Å². The lowest BCUT2D eigenvalue weighted by Crippen LogP contribution is -2.25. The molecule has 456 valence electrons. The van der Waals surface area contributed by atoms with Gasteiger partial charge in [0.25, 0.3) is 0 Å². The summed E-state index contributed by atoms with van der Waals surface area (Å²) < 4.78 is 7.38. The molecule has 5 heterocycles. The van der Waals surface area contributed by atoms with Crippen LogP contribution in [0.15, 0.2) is 346 Å². The predicted molar refractivity (Wildman–Crippen MR) is 407 cm³/mol. The Balaban J connectivity index is 0.717. The average molecular weight is 1250 g/mol. The standard InChI is InChI=1S/C92H57N5O/c1-4-22-58(23-5-1)65-51-66(59-24-6-2-7-25-59)53-69(52-65)95-85-41-21-36-77-72-31-13-12-30-71(72)75-34-16-17-37-79(75)97(92(77)85)90-70-46-42-62(50-64(70)44-48-86(90)95)63-43-47-82-88(56-63)98-89-57-68(45-49-83(89)93(82)67-28-8-3-9-29-67)94-80-38-18-19-39-81(80)96-87-55-61-27-11-10-26-60(61)54-78(87)74-33-15-14-32-73(74)76-35-20-40-84(94)91(76)96/h1-57H. The molecule has 16 aromatic carbocycles. The number of benzene rings is 16. The van der Waals surface area contributed by atoms with Crippen LogP contribution in [0.1, 0.15) is 0 Å². The number of fused-ring (bicyclic) bond motifs is 19. The van der Waals surface area contributed by atoms with Gasteiger partial charge in [0, 0.05) is 45.1 Å². The lowest BCUT2D eigenvalue weighted by atomic mass is 9.92. The quantitative estimate of drug-likeness (QED) is 0.165. The van der Waals surface area contributed by atoms with Crippen LogP contribution in [0.3, 0.4) is 0 Å². The first kappa shape index (κ1) is 54.3. The molecule has 6 nitrogen and oxygen atoms in total. The highest BCUT2D eigenvalue weighted by molar-refractivity contribution is 6.19. The molecule has 0 saturated heterocycles. The van der Waals surface area contributed by atoms with Crippen LogP contribution in [-0.2, 0) is 0 Å². The number of ether oxygens (including phenoxy) is 1. The summed E-state index contributed by atoms with van der Waals surface area (Å²) in [5, 5.41) is 4.69. The number of rotatable bonds is 6. The molecule has 0 bridgehead atoms. The molecule has 0 aliphatic carbocycles. The van der Waals surface area contributed by atoms with Gasteiger partial charge in [0.1, 0.15) is 0 Å². The normalized spacial score (nSPS) is 13.1. The molecule has 0 spiro atoms. The topological polar surface area (TPSA) is 25.4 Å². The van der Waals surface area contributed by atoms with E-state index in [2.05, 4.69) is 370 Å². The third-order valence-electron chi connectivity index (χ3n) is 20.6. The molecular weight excluding hydrogens is 1190 g/mol. The first-order chi connectivity index (χ1) is 48.6. The maximum Gasteiger partial charge on any atom is 0.153 e. The fourth-order valence-electron chi connectivity index (χ4n) is 16.3. The van der Waals surface area contributed by atoms with Crippen molar-refractivity contribution in [3.63, 3.8) is 0 Å². The lowest BCUT2D eigenvalue weighted by molar-refractivity contribution is 0.477. The minimum absolute atomic E-state index is 0.763. The van der Waals surface area contributed by atoms with Gasteiger partial charge in [-0.15, -0.1) is 0 Å². The van der Waals surface area contributed by atoms with Gasteiger partial charge in [0.05, 0.1) is 73.9 Å². The Morgan fingerprint density at radius 3 is 1.31 bits per heavy atom. The largest absolute Gasteiger partial charge is 0.453 e. The molecule has 0 radical (unpaired) electrons. The van der Waals surface area contributed by atoms with Crippen molar-refractivity contribution in [2.24, 2.45) is 0 Å². The number of nitrogens with zero attached hydrogens (tertiary/aromatic N) is 5. The van der Waals surface area contributed by atoms with Gasteiger partial charge in [-0.05, 0) is 181 Å². The van der Waals surface area contributed by atoms with Crippen molar-refractivity contribution in [2.45, 2.75) is 0 Å². The highest BCUT2D eigenvalue weighted by Crippen LogP contribution is 2.65. The Labute approximate surface area is 567 Å². The molecule has 0 aromatic heterocycles. The summed E-state index contributed by atoms with van der Waals surface area (Å²) in [7, 11) is 0. The zero-order chi connectivity index (χ0) is 64.1. The zero-order valence-electron chi connectivity index (χ0n) is 53.1. The summed E-state index contributed by atoms with van der Waals surface area (Å²) in [6.07, 6.45) is 0. The van der Waals surface area contributed by atoms with Crippen LogP contribution in [0.2, 0.25) is 0 Å². The summed E-state index contributed by atoms with van der Waals surface area (Å²) in [4.78, 5) is 12.4. The van der Waals surface area contributed by atoms with E-state index in [1.54, 1.807) is 0 Å². The molecule has 0 fully saturated rings. The van der Waals surface area contributed by atoms with Crippen LogP contribution in [0.5, 0.6) is 11.5 Å². The van der Waals surface area contributed by atoms with Crippen molar-refractivity contribution in [1.29, 1.82) is 0 Å². The Morgan fingerprint density at radius 1 is 0.173 bits per heavy atom. The van der Waals surface area contributed by atoms with Crippen molar-refractivity contribution in [2.75, 3.05) is 24.5 Å². The minimum atomic E-state index is 0.763. The molecule has 5 aliphatic rings. The van der Waals surface area contributed by atoms with Crippen molar-refractivity contribution in [1.82, 2.24) is 0 Å². The molecular formula is C92H57N5O. The van der Waals surface area contributed by atoms with E-state index in [0.29, 0.717) is 0 Å². The van der Waals surface area contributed by atoms with E-state index in [-0.39, 0.29) is 0 Å². The van der Waals surface area contributed by atoms with Crippen LogP contribution in [0.25, 0.3) is 99.4 Å². The Kier molecular flexibility index (Phi) is 11.7. The maximum atomic E-state index is 7.38. The van der Waals surface area contributed by atoms with Crippen LogP contribution in [0, 0.1) is 0 Å². The molecule has 0 saturated carbocycles. The van der Waals surface area contributed by atoms with Crippen LogP contribution in [0.4, 0.5) is 85.3 Å².